The Balaban J connectivity index is 3.16. The minimum absolute atomic E-state index is 0.0776. The number of nitrogens with zero attached hydrogens (tertiary/aromatic N) is 1. The number of H-pyrrole nitrogens is 1. The second-order valence-electron chi connectivity index (χ2n) is 3.99. The summed E-state index contributed by atoms with van der Waals surface area (Å²) in [6.07, 6.45) is 0. The highest BCUT2D eigenvalue weighted by atomic mass is 35.5. The van der Waals surface area contributed by atoms with E-state index in [1.807, 2.05) is 20.8 Å². The zero-order valence-electron chi connectivity index (χ0n) is 8.64. The first-order chi connectivity index (χ1) is 6.29. The van der Waals surface area contributed by atoms with Crippen LogP contribution in [0.1, 0.15) is 26.5 Å². The van der Waals surface area contributed by atoms with Crippen molar-refractivity contribution in [3.63, 3.8) is 0 Å². The molecule has 5 heteroatoms. The van der Waals surface area contributed by atoms with Gasteiger partial charge in [0.25, 0.3) is 5.56 Å². The lowest BCUT2D eigenvalue weighted by molar-refractivity contribution is 0.126. The third-order valence-corrected chi connectivity index (χ3v) is 1.60. The number of aromatic amines is 1. The number of hydrogen-bond donors (Lipinski definition) is 1. The Labute approximate surface area is 87.3 Å². The maximum atomic E-state index is 11.4. The smallest absolute Gasteiger partial charge is 0.294 e. The van der Waals surface area contributed by atoms with Crippen molar-refractivity contribution in [2.24, 2.45) is 0 Å². The van der Waals surface area contributed by atoms with Gasteiger partial charge in [0, 0.05) is 0 Å². The summed E-state index contributed by atoms with van der Waals surface area (Å²) in [6.45, 7) is 7.27. The van der Waals surface area contributed by atoms with Crippen LogP contribution < -0.4 is 10.3 Å². The van der Waals surface area contributed by atoms with Gasteiger partial charge in [-0.3, -0.25) is 9.78 Å². The van der Waals surface area contributed by atoms with E-state index < -0.39 is 5.60 Å². The van der Waals surface area contributed by atoms with Gasteiger partial charge in [-0.2, -0.15) is 0 Å². The van der Waals surface area contributed by atoms with E-state index in [1.165, 1.54) is 0 Å². The Morgan fingerprint density at radius 3 is 2.43 bits per heavy atom. The van der Waals surface area contributed by atoms with Crippen LogP contribution in [0.2, 0.25) is 5.28 Å². The predicted molar refractivity (Wildman–Crippen MR) is 55.0 cm³/mol. The largest absolute Gasteiger partial charge is 0.481 e. The Bertz CT molecular complexity index is 393. The summed E-state index contributed by atoms with van der Waals surface area (Å²) in [4.78, 5) is 17.7. The van der Waals surface area contributed by atoms with Gasteiger partial charge in [-0.25, -0.2) is 4.98 Å². The van der Waals surface area contributed by atoms with Gasteiger partial charge in [-0.1, -0.05) is 0 Å². The molecule has 0 aliphatic rings. The van der Waals surface area contributed by atoms with Crippen LogP contribution >= 0.6 is 11.6 Å². The summed E-state index contributed by atoms with van der Waals surface area (Å²) in [6, 6.07) is 0. The minimum Gasteiger partial charge on any atom is -0.481 e. The molecule has 1 heterocycles. The molecular weight excluding hydrogens is 204 g/mol. The Morgan fingerprint density at radius 1 is 1.43 bits per heavy atom. The molecule has 0 aliphatic carbocycles. The number of nitrogens with one attached hydrogen (secondary N) is 1. The van der Waals surface area contributed by atoms with Crippen molar-refractivity contribution in [3.8, 4) is 5.75 Å². The van der Waals surface area contributed by atoms with E-state index in [2.05, 4.69) is 9.97 Å². The van der Waals surface area contributed by atoms with Gasteiger partial charge in [-0.15, -0.1) is 0 Å². The second-order valence-corrected chi connectivity index (χ2v) is 4.34. The van der Waals surface area contributed by atoms with Crippen LogP contribution in [0.5, 0.6) is 5.75 Å². The van der Waals surface area contributed by atoms with Gasteiger partial charge < -0.3 is 4.74 Å². The summed E-state index contributed by atoms with van der Waals surface area (Å²) in [5.41, 5.74) is -0.279. The standard InChI is InChI=1S/C9H13ClN2O2/c1-5-6(14-9(2,3)4)7(13)12-8(10)11-5/h1-4H3,(H,11,12,13). The number of rotatable bonds is 1. The second kappa shape index (κ2) is 3.61. The van der Waals surface area contributed by atoms with Crippen LogP contribution in [-0.4, -0.2) is 15.6 Å². The van der Waals surface area contributed by atoms with Gasteiger partial charge in [0.15, 0.2) is 0 Å². The van der Waals surface area contributed by atoms with Gasteiger partial charge in [0.1, 0.15) is 5.60 Å². The van der Waals surface area contributed by atoms with Crippen molar-refractivity contribution in [2.75, 3.05) is 0 Å². The molecule has 0 bridgehead atoms. The number of ether oxygens (including phenoxy) is 1. The minimum atomic E-state index is -0.423. The highest BCUT2D eigenvalue weighted by Gasteiger charge is 2.17. The molecule has 0 aliphatic heterocycles. The molecule has 0 unspecified atom stereocenters. The molecule has 0 saturated carbocycles. The fourth-order valence-electron chi connectivity index (χ4n) is 0.967. The lowest BCUT2D eigenvalue weighted by Gasteiger charge is -2.21. The third kappa shape index (κ3) is 2.73. The van der Waals surface area contributed by atoms with Crippen LogP contribution in [0.15, 0.2) is 4.79 Å². The molecule has 0 amide bonds. The molecule has 14 heavy (non-hydrogen) atoms. The number of aryl methyl sites for hydroxylation is 1. The van der Waals surface area contributed by atoms with E-state index in [0.29, 0.717) is 5.69 Å². The average Bonchev–Trinajstić information content (AvgIpc) is 1.95. The molecule has 0 radical (unpaired) electrons. The Morgan fingerprint density at radius 2 is 2.00 bits per heavy atom. The Hall–Kier alpha value is -1.03. The summed E-state index contributed by atoms with van der Waals surface area (Å²) in [5.74, 6) is 0.224. The number of hydrogen-bond acceptors (Lipinski definition) is 3. The zero-order valence-corrected chi connectivity index (χ0v) is 9.40. The quantitative estimate of drug-likeness (QED) is 0.730. The van der Waals surface area contributed by atoms with Gasteiger partial charge in [-0.05, 0) is 39.3 Å². The van der Waals surface area contributed by atoms with E-state index >= 15 is 0 Å². The topological polar surface area (TPSA) is 55.0 Å². The predicted octanol–water partition coefficient (Wildman–Crippen LogP) is 1.91. The zero-order chi connectivity index (χ0) is 10.9. The normalized spacial score (nSPS) is 11.5. The fourth-order valence-corrected chi connectivity index (χ4v) is 1.18. The highest BCUT2D eigenvalue weighted by molar-refractivity contribution is 6.28. The van der Waals surface area contributed by atoms with Gasteiger partial charge in [0.2, 0.25) is 11.0 Å². The molecule has 0 atom stereocenters. The molecule has 4 nitrogen and oxygen atoms in total. The van der Waals surface area contributed by atoms with Crippen LogP contribution in [0.4, 0.5) is 0 Å². The summed E-state index contributed by atoms with van der Waals surface area (Å²) < 4.78 is 5.45. The van der Waals surface area contributed by atoms with Crippen LogP contribution in [0.25, 0.3) is 0 Å². The first kappa shape index (κ1) is 11.0. The molecule has 1 N–H and O–H groups in total. The van der Waals surface area contributed by atoms with E-state index in [-0.39, 0.29) is 16.6 Å². The maximum Gasteiger partial charge on any atom is 0.294 e. The lowest BCUT2D eigenvalue weighted by Crippen LogP contribution is -2.28. The molecular formula is C9H13ClN2O2. The molecule has 0 fully saturated rings. The number of halogens is 1. The summed E-state index contributed by atoms with van der Waals surface area (Å²) in [5, 5.41) is 0.0776. The van der Waals surface area contributed by atoms with Crippen molar-refractivity contribution < 1.29 is 4.74 Å². The molecule has 0 saturated heterocycles. The molecule has 1 aromatic heterocycles. The Kier molecular flexibility index (Phi) is 2.85. The third-order valence-electron chi connectivity index (χ3n) is 1.43. The monoisotopic (exact) mass is 216 g/mol. The van der Waals surface area contributed by atoms with E-state index in [1.54, 1.807) is 6.92 Å². The van der Waals surface area contributed by atoms with Gasteiger partial charge in [0.05, 0.1) is 5.69 Å². The van der Waals surface area contributed by atoms with Crippen molar-refractivity contribution >= 4 is 11.6 Å². The highest BCUT2D eigenvalue weighted by Crippen LogP contribution is 2.16. The maximum absolute atomic E-state index is 11.4. The SMILES string of the molecule is Cc1nc(Cl)[nH]c(=O)c1OC(C)(C)C. The summed E-state index contributed by atoms with van der Waals surface area (Å²) >= 11 is 5.57. The fraction of sp³-hybridized carbons (Fsp3) is 0.556. The van der Waals surface area contributed by atoms with E-state index in [4.69, 9.17) is 16.3 Å². The summed E-state index contributed by atoms with van der Waals surface area (Å²) in [7, 11) is 0. The van der Waals surface area contributed by atoms with Crippen molar-refractivity contribution in [1.82, 2.24) is 9.97 Å². The lowest BCUT2D eigenvalue weighted by atomic mass is 10.2. The average molecular weight is 217 g/mol. The van der Waals surface area contributed by atoms with Crippen molar-refractivity contribution in [2.45, 2.75) is 33.3 Å². The van der Waals surface area contributed by atoms with Crippen molar-refractivity contribution in [1.29, 1.82) is 0 Å². The van der Waals surface area contributed by atoms with Crippen LogP contribution in [-0.2, 0) is 0 Å². The molecule has 1 rings (SSSR count). The molecule has 78 valence electrons. The molecule has 0 aromatic carbocycles. The first-order valence-electron chi connectivity index (χ1n) is 4.25. The van der Waals surface area contributed by atoms with Crippen LogP contribution in [0.3, 0.4) is 0 Å². The first-order valence-corrected chi connectivity index (χ1v) is 4.63. The molecule has 1 aromatic rings. The van der Waals surface area contributed by atoms with Gasteiger partial charge >= 0.3 is 0 Å². The number of aromatic nitrogens is 2. The van der Waals surface area contributed by atoms with E-state index in [0.717, 1.165) is 0 Å². The van der Waals surface area contributed by atoms with Crippen molar-refractivity contribution in [3.05, 3.63) is 21.3 Å². The van der Waals surface area contributed by atoms with E-state index in [9.17, 15) is 4.79 Å². The van der Waals surface area contributed by atoms with Crippen LogP contribution in [0, 0.1) is 6.92 Å². The molecule has 0 spiro atoms.